The van der Waals surface area contributed by atoms with E-state index in [2.05, 4.69) is 4.90 Å². The van der Waals surface area contributed by atoms with Gasteiger partial charge in [-0.15, -0.1) is 11.8 Å². The first-order chi connectivity index (χ1) is 14.3. The molecule has 0 aromatic carbocycles. The van der Waals surface area contributed by atoms with Crippen LogP contribution in [0.3, 0.4) is 0 Å². The summed E-state index contributed by atoms with van der Waals surface area (Å²) < 4.78 is 0. The van der Waals surface area contributed by atoms with Gasteiger partial charge < -0.3 is 20.0 Å². The Labute approximate surface area is 180 Å². The Hall–Kier alpha value is -1.58. The summed E-state index contributed by atoms with van der Waals surface area (Å²) in [5, 5.41) is 19.7. The fourth-order valence-electron chi connectivity index (χ4n) is 6.00. The first kappa shape index (κ1) is 20.3. The van der Waals surface area contributed by atoms with Crippen molar-refractivity contribution < 1.29 is 24.6 Å². The van der Waals surface area contributed by atoms with Crippen molar-refractivity contribution in [1.82, 2.24) is 14.7 Å². The first-order valence-corrected chi connectivity index (χ1v) is 12.0. The molecule has 1 saturated carbocycles. The Morgan fingerprint density at radius 2 is 1.97 bits per heavy atom. The number of carbonyl (C=O) groups excluding carboxylic acids is 2. The third-order valence-corrected chi connectivity index (χ3v) is 8.73. The molecule has 6 atom stereocenters. The maximum Gasteiger partial charge on any atom is 0.353 e. The molecule has 8 nitrogen and oxygen atoms in total. The van der Waals surface area contributed by atoms with Crippen molar-refractivity contribution >= 4 is 29.5 Å². The Balaban J connectivity index is 1.30. The van der Waals surface area contributed by atoms with E-state index in [4.69, 9.17) is 0 Å². The maximum atomic E-state index is 13.0. The number of hydrogen-bond donors (Lipinski definition) is 2. The molecule has 0 bridgehead atoms. The van der Waals surface area contributed by atoms with Crippen LogP contribution < -0.4 is 0 Å². The summed E-state index contributed by atoms with van der Waals surface area (Å²) in [6.07, 6.45) is 3.79. The van der Waals surface area contributed by atoms with Crippen LogP contribution in [0.5, 0.6) is 0 Å². The van der Waals surface area contributed by atoms with Crippen molar-refractivity contribution in [3.8, 4) is 0 Å². The van der Waals surface area contributed by atoms with Gasteiger partial charge >= 0.3 is 5.97 Å². The number of carboxylic acid groups (broad SMARTS) is 1. The molecule has 2 amide bonds. The molecule has 0 spiro atoms. The number of aliphatic carboxylic acids is 1. The number of hydrogen-bond acceptors (Lipinski definition) is 6. The molecular formula is C21H29N3O5S. The Morgan fingerprint density at radius 1 is 1.23 bits per heavy atom. The number of amides is 2. The monoisotopic (exact) mass is 435 g/mol. The number of rotatable bonds is 7. The SMILES string of the molecule is C[C@@H](O)[C@H]1C(=O)N2C(C(=O)O)=C(SCCN3C(=O)[C@H]4CCCN4C3C3CC3)[C@H](C)[C@H]12. The van der Waals surface area contributed by atoms with Crippen molar-refractivity contribution in [3.05, 3.63) is 10.6 Å². The van der Waals surface area contributed by atoms with Crippen LogP contribution in [0.25, 0.3) is 0 Å². The van der Waals surface area contributed by atoms with E-state index in [1.807, 2.05) is 11.8 Å². The summed E-state index contributed by atoms with van der Waals surface area (Å²) in [6, 6.07) is -0.254. The van der Waals surface area contributed by atoms with Gasteiger partial charge in [0.1, 0.15) is 5.70 Å². The Kier molecular flexibility index (Phi) is 4.91. The zero-order chi connectivity index (χ0) is 21.3. The molecule has 4 heterocycles. The van der Waals surface area contributed by atoms with Gasteiger partial charge in [0.15, 0.2) is 0 Å². The molecule has 4 aliphatic heterocycles. The topological polar surface area (TPSA) is 101 Å². The lowest BCUT2D eigenvalue weighted by Gasteiger charge is -2.46. The number of aliphatic hydroxyl groups is 1. The van der Waals surface area contributed by atoms with E-state index in [0.717, 1.165) is 19.4 Å². The van der Waals surface area contributed by atoms with E-state index in [9.17, 15) is 24.6 Å². The van der Waals surface area contributed by atoms with E-state index in [-0.39, 0.29) is 41.7 Å². The van der Waals surface area contributed by atoms with E-state index >= 15 is 0 Å². The summed E-state index contributed by atoms with van der Waals surface area (Å²) in [5.74, 6) is -0.663. The van der Waals surface area contributed by atoms with E-state index in [1.54, 1.807) is 6.92 Å². The Bertz CT molecular complexity index is 825. The van der Waals surface area contributed by atoms with E-state index in [0.29, 0.717) is 23.1 Å². The quantitative estimate of drug-likeness (QED) is 0.574. The largest absolute Gasteiger partial charge is 0.477 e. The number of nitrogens with zero attached hydrogens (tertiary/aromatic N) is 3. The van der Waals surface area contributed by atoms with Gasteiger partial charge in [0.25, 0.3) is 0 Å². The molecule has 1 aliphatic carbocycles. The first-order valence-electron chi connectivity index (χ1n) is 11.0. The minimum atomic E-state index is -1.10. The fraction of sp³-hybridized carbons (Fsp3) is 0.762. The van der Waals surface area contributed by atoms with Gasteiger partial charge in [-0.2, -0.15) is 0 Å². The molecule has 0 aromatic heterocycles. The van der Waals surface area contributed by atoms with Crippen molar-refractivity contribution in [1.29, 1.82) is 0 Å². The van der Waals surface area contributed by atoms with Crippen LogP contribution in [0.4, 0.5) is 0 Å². The number of aliphatic hydroxyl groups excluding tert-OH is 1. The minimum absolute atomic E-state index is 0.0335. The standard InChI is InChI=1S/C21H29N3O5S/c1-10-15-14(11(2)25)20(27)24(15)16(21(28)29)17(10)30-9-8-23-18(12-5-6-12)22-7-3-4-13(22)19(23)26/h10-15,18,25H,3-9H2,1-2H3,(H,28,29)/t10-,11-,13-,14-,15-,18?/m1/s1. The normalized spacial score (nSPS) is 37.0. The predicted octanol–water partition coefficient (Wildman–Crippen LogP) is 0.916. The van der Waals surface area contributed by atoms with Crippen molar-refractivity contribution in [3.63, 3.8) is 0 Å². The summed E-state index contributed by atoms with van der Waals surface area (Å²) in [7, 11) is 0. The van der Waals surface area contributed by atoms with Gasteiger partial charge in [0.2, 0.25) is 11.8 Å². The number of carboxylic acids is 1. The number of thioether (sulfide) groups is 1. The van der Waals surface area contributed by atoms with E-state index in [1.165, 1.54) is 29.5 Å². The highest BCUT2D eigenvalue weighted by atomic mass is 32.2. The summed E-state index contributed by atoms with van der Waals surface area (Å²) >= 11 is 1.45. The molecule has 0 radical (unpaired) electrons. The summed E-state index contributed by atoms with van der Waals surface area (Å²) in [6.45, 7) is 5.11. The van der Waals surface area contributed by atoms with Gasteiger partial charge in [-0.25, -0.2) is 4.79 Å². The molecule has 9 heteroatoms. The van der Waals surface area contributed by atoms with Crippen LogP contribution in [0, 0.1) is 17.8 Å². The van der Waals surface area contributed by atoms with Crippen molar-refractivity contribution in [2.45, 2.75) is 63.9 Å². The number of β-lactam (4-membered cyclic amide) rings is 1. The molecule has 5 rings (SSSR count). The molecule has 4 fully saturated rings. The summed E-state index contributed by atoms with van der Waals surface area (Å²) in [4.78, 5) is 43.8. The Morgan fingerprint density at radius 3 is 2.60 bits per heavy atom. The maximum absolute atomic E-state index is 13.0. The van der Waals surface area contributed by atoms with Gasteiger partial charge in [-0.3, -0.25) is 14.5 Å². The van der Waals surface area contributed by atoms with Gasteiger partial charge in [-0.1, -0.05) is 6.92 Å². The molecule has 5 aliphatic rings. The average molecular weight is 436 g/mol. The zero-order valence-corrected chi connectivity index (χ0v) is 18.2. The van der Waals surface area contributed by atoms with Crippen LogP contribution >= 0.6 is 11.8 Å². The fourth-order valence-corrected chi connectivity index (χ4v) is 7.24. The number of carbonyl (C=O) groups is 3. The van der Waals surface area contributed by atoms with Crippen LogP contribution in [-0.4, -0.2) is 85.9 Å². The second-order valence-electron chi connectivity index (χ2n) is 9.30. The van der Waals surface area contributed by atoms with Crippen LogP contribution in [-0.2, 0) is 14.4 Å². The predicted molar refractivity (Wildman–Crippen MR) is 110 cm³/mol. The zero-order valence-electron chi connectivity index (χ0n) is 17.4. The molecular weight excluding hydrogens is 406 g/mol. The highest BCUT2D eigenvalue weighted by molar-refractivity contribution is 8.03. The van der Waals surface area contributed by atoms with Gasteiger partial charge in [0, 0.05) is 29.7 Å². The molecule has 3 saturated heterocycles. The lowest BCUT2D eigenvalue weighted by molar-refractivity contribution is -0.163. The van der Waals surface area contributed by atoms with Gasteiger partial charge in [0.05, 0.1) is 30.3 Å². The lowest BCUT2D eigenvalue weighted by atomic mass is 9.79. The van der Waals surface area contributed by atoms with Crippen LogP contribution in [0.2, 0.25) is 0 Å². The second-order valence-corrected chi connectivity index (χ2v) is 10.4. The molecule has 0 aromatic rings. The number of fused-ring (bicyclic) bond motifs is 2. The van der Waals surface area contributed by atoms with E-state index < -0.39 is 18.0 Å². The minimum Gasteiger partial charge on any atom is -0.477 e. The average Bonchev–Trinajstić information content (AvgIpc) is 3.25. The second kappa shape index (κ2) is 7.24. The smallest absolute Gasteiger partial charge is 0.353 e. The molecule has 1 unspecified atom stereocenters. The van der Waals surface area contributed by atoms with Crippen molar-refractivity contribution in [2.24, 2.45) is 17.8 Å². The highest BCUT2D eigenvalue weighted by Gasteiger charge is 2.60. The molecule has 164 valence electrons. The summed E-state index contributed by atoms with van der Waals surface area (Å²) in [5.41, 5.74) is 0.0616. The molecule has 2 N–H and O–H groups in total. The van der Waals surface area contributed by atoms with Crippen LogP contribution in [0.1, 0.15) is 39.5 Å². The van der Waals surface area contributed by atoms with Crippen molar-refractivity contribution in [2.75, 3.05) is 18.8 Å². The molecule has 30 heavy (non-hydrogen) atoms. The third-order valence-electron chi connectivity index (χ3n) is 7.47. The highest BCUT2D eigenvalue weighted by Crippen LogP contribution is 2.50. The lowest BCUT2D eigenvalue weighted by Crippen LogP contribution is -2.63. The van der Waals surface area contributed by atoms with Gasteiger partial charge in [-0.05, 0) is 38.5 Å². The third kappa shape index (κ3) is 2.85. The van der Waals surface area contributed by atoms with Crippen LogP contribution in [0.15, 0.2) is 10.6 Å².